The molecule has 1 amide bonds. The number of amides is 1. The first-order chi connectivity index (χ1) is 12.6. The van der Waals surface area contributed by atoms with E-state index in [0.717, 1.165) is 18.3 Å². The van der Waals surface area contributed by atoms with Gasteiger partial charge in [-0.25, -0.2) is 14.2 Å². The average Bonchev–Trinajstić information content (AvgIpc) is 2.65. The van der Waals surface area contributed by atoms with Gasteiger partial charge in [0.1, 0.15) is 23.1 Å². The maximum absolute atomic E-state index is 13.5. The lowest BCUT2D eigenvalue weighted by atomic mass is 10.2. The second-order valence-corrected chi connectivity index (χ2v) is 5.25. The van der Waals surface area contributed by atoms with Crippen molar-refractivity contribution in [2.75, 3.05) is 0 Å². The number of hydrogen-bond donors (Lipinski definition) is 1. The Morgan fingerprint density at radius 3 is 2.27 bits per heavy atom. The van der Waals surface area contributed by atoms with E-state index in [-0.39, 0.29) is 11.1 Å². The quantitative estimate of drug-likeness (QED) is 0.542. The molecule has 3 aromatic rings. The number of ether oxygens (including phenoxy) is 1. The van der Waals surface area contributed by atoms with Gasteiger partial charge in [0.05, 0.1) is 17.3 Å². The third kappa shape index (κ3) is 4.10. The minimum Gasteiger partial charge on any atom is -0.457 e. The number of hydrogen-bond acceptors (Lipinski definition) is 3. The van der Waals surface area contributed by atoms with Crippen LogP contribution in [0.4, 0.5) is 8.78 Å². The zero-order valence-corrected chi connectivity index (χ0v) is 13.5. The van der Waals surface area contributed by atoms with Crippen molar-refractivity contribution in [3.8, 4) is 11.5 Å². The first kappa shape index (κ1) is 17.3. The third-order valence-corrected chi connectivity index (χ3v) is 3.46. The van der Waals surface area contributed by atoms with Gasteiger partial charge in [0.25, 0.3) is 5.91 Å². The van der Waals surface area contributed by atoms with Crippen LogP contribution in [0, 0.1) is 11.6 Å². The molecule has 0 aliphatic heterocycles. The number of para-hydroxylation sites is 2. The molecule has 0 saturated heterocycles. The monoisotopic (exact) mass is 352 g/mol. The van der Waals surface area contributed by atoms with E-state index in [2.05, 4.69) is 10.5 Å². The fraction of sp³-hybridized carbons (Fsp3) is 0. The Kier molecular flexibility index (Phi) is 5.34. The summed E-state index contributed by atoms with van der Waals surface area (Å²) in [6.45, 7) is 0. The van der Waals surface area contributed by atoms with Crippen molar-refractivity contribution in [2.45, 2.75) is 0 Å². The molecule has 0 fully saturated rings. The van der Waals surface area contributed by atoms with Crippen molar-refractivity contribution in [2.24, 2.45) is 5.10 Å². The number of halogens is 2. The Balaban J connectivity index is 1.75. The summed E-state index contributed by atoms with van der Waals surface area (Å²) in [5, 5.41) is 3.63. The fourth-order valence-corrected chi connectivity index (χ4v) is 2.21. The second kappa shape index (κ2) is 8.02. The van der Waals surface area contributed by atoms with Gasteiger partial charge in [-0.05, 0) is 36.4 Å². The van der Waals surface area contributed by atoms with Crippen molar-refractivity contribution < 1.29 is 18.3 Å². The number of carbonyl (C=O) groups excluding carboxylic acids is 1. The smallest absolute Gasteiger partial charge is 0.275 e. The van der Waals surface area contributed by atoms with E-state index in [1.54, 1.807) is 36.4 Å². The summed E-state index contributed by atoms with van der Waals surface area (Å²) in [6, 6.07) is 19.1. The molecule has 0 aliphatic carbocycles. The van der Waals surface area contributed by atoms with Gasteiger partial charge in [-0.3, -0.25) is 4.79 Å². The normalized spacial score (nSPS) is 10.7. The second-order valence-electron chi connectivity index (χ2n) is 5.25. The maximum atomic E-state index is 13.5. The number of carbonyl (C=O) groups is 1. The highest BCUT2D eigenvalue weighted by atomic mass is 19.1. The molecule has 0 spiro atoms. The average molecular weight is 352 g/mol. The fourth-order valence-electron chi connectivity index (χ4n) is 2.21. The highest BCUT2D eigenvalue weighted by molar-refractivity contribution is 5.97. The number of rotatable bonds is 5. The van der Waals surface area contributed by atoms with Gasteiger partial charge >= 0.3 is 0 Å². The summed E-state index contributed by atoms with van der Waals surface area (Å²) >= 11 is 0. The highest BCUT2D eigenvalue weighted by Gasteiger charge is 2.12. The topological polar surface area (TPSA) is 50.7 Å². The summed E-state index contributed by atoms with van der Waals surface area (Å²) in [4.78, 5) is 12.3. The van der Waals surface area contributed by atoms with Crippen molar-refractivity contribution in [1.29, 1.82) is 0 Å². The molecule has 4 nitrogen and oxygen atoms in total. The molecule has 0 atom stereocenters. The molecule has 0 radical (unpaired) electrons. The molecule has 130 valence electrons. The molecule has 6 heteroatoms. The van der Waals surface area contributed by atoms with Crippen LogP contribution in [0.5, 0.6) is 11.5 Å². The van der Waals surface area contributed by atoms with Gasteiger partial charge in [-0.15, -0.1) is 0 Å². The Morgan fingerprint density at radius 1 is 0.885 bits per heavy atom. The molecule has 3 aromatic carbocycles. The van der Waals surface area contributed by atoms with Crippen LogP contribution in [0.25, 0.3) is 0 Å². The van der Waals surface area contributed by atoms with Crippen LogP contribution in [0.3, 0.4) is 0 Å². The van der Waals surface area contributed by atoms with E-state index in [1.165, 1.54) is 6.07 Å². The standard InChI is InChI=1S/C20H14F2N2O2/c21-17-10-6-11-18(22)16(17)13-23-24-20(25)15-9-4-5-12-19(15)26-14-7-2-1-3-8-14/h1-13H,(H,24,25)/b23-13+. The highest BCUT2D eigenvalue weighted by Crippen LogP contribution is 2.24. The van der Waals surface area contributed by atoms with E-state index in [1.807, 2.05) is 18.2 Å². The van der Waals surface area contributed by atoms with Crippen molar-refractivity contribution in [3.05, 3.63) is 95.6 Å². The van der Waals surface area contributed by atoms with Gasteiger partial charge in [0.2, 0.25) is 0 Å². The Hall–Kier alpha value is -3.54. The first-order valence-corrected chi connectivity index (χ1v) is 7.74. The molecule has 1 N–H and O–H groups in total. The van der Waals surface area contributed by atoms with E-state index in [4.69, 9.17) is 4.74 Å². The molecular weight excluding hydrogens is 338 g/mol. The van der Waals surface area contributed by atoms with E-state index in [9.17, 15) is 13.6 Å². The minimum absolute atomic E-state index is 0.238. The zero-order chi connectivity index (χ0) is 18.4. The Morgan fingerprint density at radius 2 is 1.54 bits per heavy atom. The van der Waals surface area contributed by atoms with Crippen molar-refractivity contribution in [1.82, 2.24) is 5.43 Å². The number of nitrogens with one attached hydrogen (secondary N) is 1. The molecule has 0 aliphatic rings. The number of benzene rings is 3. The van der Waals surface area contributed by atoms with Crippen LogP contribution in [-0.4, -0.2) is 12.1 Å². The van der Waals surface area contributed by atoms with Gasteiger partial charge in [-0.1, -0.05) is 36.4 Å². The molecule has 0 heterocycles. The predicted octanol–water partition coefficient (Wildman–Crippen LogP) is 4.52. The Labute approximate surface area is 148 Å². The molecule has 0 bridgehead atoms. The molecule has 26 heavy (non-hydrogen) atoms. The van der Waals surface area contributed by atoms with Crippen molar-refractivity contribution >= 4 is 12.1 Å². The lowest BCUT2D eigenvalue weighted by Gasteiger charge is -2.09. The number of nitrogens with zero attached hydrogens (tertiary/aromatic N) is 1. The van der Waals surface area contributed by atoms with Crippen LogP contribution >= 0.6 is 0 Å². The van der Waals surface area contributed by atoms with Crippen LogP contribution in [0.2, 0.25) is 0 Å². The largest absolute Gasteiger partial charge is 0.457 e. The summed E-state index contributed by atoms with van der Waals surface area (Å²) in [6.07, 6.45) is 0.920. The van der Waals surface area contributed by atoms with Gasteiger partial charge in [0, 0.05) is 0 Å². The van der Waals surface area contributed by atoms with Crippen LogP contribution < -0.4 is 10.2 Å². The zero-order valence-electron chi connectivity index (χ0n) is 13.5. The molecule has 0 unspecified atom stereocenters. The Bertz CT molecular complexity index is 923. The number of hydrazone groups is 1. The molecule has 0 aromatic heterocycles. The molecular formula is C20H14F2N2O2. The van der Waals surface area contributed by atoms with Crippen LogP contribution in [-0.2, 0) is 0 Å². The van der Waals surface area contributed by atoms with E-state index < -0.39 is 17.5 Å². The van der Waals surface area contributed by atoms with E-state index >= 15 is 0 Å². The SMILES string of the molecule is O=C(N/N=C/c1c(F)cccc1F)c1ccccc1Oc1ccccc1. The maximum Gasteiger partial charge on any atom is 0.275 e. The van der Waals surface area contributed by atoms with Gasteiger partial charge < -0.3 is 4.74 Å². The molecule has 3 rings (SSSR count). The lowest BCUT2D eigenvalue weighted by molar-refractivity contribution is 0.0953. The lowest BCUT2D eigenvalue weighted by Crippen LogP contribution is -2.18. The summed E-state index contributed by atoms with van der Waals surface area (Å²) < 4.78 is 32.8. The van der Waals surface area contributed by atoms with Crippen molar-refractivity contribution in [3.63, 3.8) is 0 Å². The predicted molar refractivity (Wildman–Crippen MR) is 94.4 cm³/mol. The van der Waals surface area contributed by atoms with E-state index in [0.29, 0.717) is 11.5 Å². The summed E-state index contributed by atoms with van der Waals surface area (Å²) in [7, 11) is 0. The van der Waals surface area contributed by atoms with Crippen LogP contribution in [0.15, 0.2) is 77.9 Å². The first-order valence-electron chi connectivity index (χ1n) is 7.74. The van der Waals surface area contributed by atoms with Gasteiger partial charge in [-0.2, -0.15) is 5.10 Å². The minimum atomic E-state index is -0.768. The summed E-state index contributed by atoms with van der Waals surface area (Å²) in [5.74, 6) is -1.19. The summed E-state index contributed by atoms with van der Waals surface area (Å²) in [5.41, 5.74) is 2.15. The molecule has 0 saturated carbocycles. The van der Waals surface area contributed by atoms with Crippen LogP contribution in [0.1, 0.15) is 15.9 Å². The van der Waals surface area contributed by atoms with Gasteiger partial charge in [0.15, 0.2) is 0 Å². The third-order valence-electron chi connectivity index (χ3n) is 3.46.